The molecule has 0 radical (unpaired) electrons. The summed E-state index contributed by atoms with van der Waals surface area (Å²) in [5.74, 6) is -0.722. The molecule has 0 spiro atoms. The Morgan fingerprint density at radius 1 is 1.07 bits per heavy atom. The minimum absolute atomic E-state index is 0.175. The zero-order valence-corrected chi connectivity index (χ0v) is 14.8. The number of ether oxygens (including phenoxy) is 1. The molecule has 3 rings (SSSR count). The SMILES string of the molecule is O=C([O-])c1cc([N+](=O)[O-])c(/C=C/c2ccc(OCc3ccccc3)cc2)s1. The number of thiophene rings is 1. The van der Waals surface area contributed by atoms with Gasteiger partial charge in [0.15, 0.2) is 0 Å². The number of nitro groups is 1. The standard InChI is InChI=1S/C20H15NO5S/c22-20(23)19-12-17(21(24)25)18(27-19)11-8-14-6-9-16(10-7-14)26-13-15-4-2-1-3-5-15/h1-12H,13H2,(H,22,23)/p-1/b11-8+. The van der Waals surface area contributed by atoms with Crippen LogP contribution in [0, 0.1) is 10.1 Å². The molecule has 6 nitrogen and oxygen atoms in total. The Labute approximate surface area is 159 Å². The number of carboxylic acid groups (broad SMARTS) is 1. The molecule has 0 aliphatic heterocycles. The van der Waals surface area contributed by atoms with Crippen molar-refractivity contribution in [1.82, 2.24) is 0 Å². The highest BCUT2D eigenvalue weighted by atomic mass is 32.1. The van der Waals surface area contributed by atoms with Crippen LogP contribution in [-0.2, 0) is 6.61 Å². The van der Waals surface area contributed by atoms with Crippen molar-refractivity contribution in [3.63, 3.8) is 0 Å². The molecule has 0 unspecified atom stereocenters. The van der Waals surface area contributed by atoms with E-state index >= 15 is 0 Å². The van der Waals surface area contributed by atoms with Crippen molar-refractivity contribution in [3.05, 3.63) is 91.7 Å². The van der Waals surface area contributed by atoms with Gasteiger partial charge in [-0.3, -0.25) is 10.1 Å². The lowest BCUT2D eigenvalue weighted by atomic mass is 10.2. The molecule has 0 aliphatic carbocycles. The van der Waals surface area contributed by atoms with Crippen molar-refractivity contribution in [1.29, 1.82) is 0 Å². The van der Waals surface area contributed by atoms with Crippen LogP contribution < -0.4 is 9.84 Å². The van der Waals surface area contributed by atoms with E-state index in [0.29, 0.717) is 12.4 Å². The van der Waals surface area contributed by atoms with Crippen LogP contribution in [0.4, 0.5) is 5.69 Å². The Morgan fingerprint density at radius 2 is 1.78 bits per heavy atom. The molecule has 0 saturated heterocycles. The second-order valence-corrected chi connectivity index (χ2v) is 6.67. The summed E-state index contributed by atoms with van der Waals surface area (Å²) in [6.07, 6.45) is 3.20. The summed E-state index contributed by atoms with van der Waals surface area (Å²) in [6, 6.07) is 18.0. The molecule has 0 bridgehead atoms. The lowest BCUT2D eigenvalue weighted by Gasteiger charge is -2.06. The van der Waals surface area contributed by atoms with E-state index < -0.39 is 10.9 Å². The van der Waals surface area contributed by atoms with E-state index in [2.05, 4.69) is 0 Å². The maximum Gasteiger partial charge on any atom is 0.287 e. The molecule has 0 saturated carbocycles. The summed E-state index contributed by atoms with van der Waals surface area (Å²) in [7, 11) is 0. The Morgan fingerprint density at radius 3 is 2.41 bits per heavy atom. The molecular formula is C20H14NO5S-. The van der Waals surface area contributed by atoms with Gasteiger partial charge in [0, 0.05) is 6.07 Å². The van der Waals surface area contributed by atoms with Crippen molar-refractivity contribution in [2.24, 2.45) is 0 Å². The van der Waals surface area contributed by atoms with E-state index in [1.165, 1.54) is 6.08 Å². The molecule has 0 atom stereocenters. The number of hydrogen-bond donors (Lipinski definition) is 0. The van der Waals surface area contributed by atoms with Crippen LogP contribution in [0.3, 0.4) is 0 Å². The second-order valence-electron chi connectivity index (χ2n) is 5.58. The van der Waals surface area contributed by atoms with Gasteiger partial charge < -0.3 is 14.6 Å². The van der Waals surface area contributed by atoms with Crippen molar-refractivity contribution in [3.8, 4) is 5.75 Å². The van der Waals surface area contributed by atoms with Crippen LogP contribution in [0.1, 0.15) is 25.7 Å². The Balaban J connectivity index is 1.69. The molecule has 3 aromatic rings. The average molecular weight is 380 g/mol. The molecular weight excluding hydrogens is 366 g/mol. The van der Waals surface area contributed by atoms with Gasteiger partial charge in [0.1, 0.15) is 17.2 Å². The highest BCUT2D eigenvalue weighted by Crippen LogP contribution is 2.30. The number of benzene rings is 2. The highest BCUT2D eigenvalue weighted by Gasteiger charge is 2.17. The molecule has 0 amide bonds. The van der Waals surface area contributed by atoms with Crippen molar-refractivity contribution in [2.45, 2.75) is 6.61 Å². The molecule has 0 fully saturated rings. The minimum atomic E-state index is -1.43. The van der Waals surface area contributed by atoms with E-state index in [4.69, 9.17) is 4.74 Å². The zero-order chi connectivity index (χ0) is 19.2. The lowest BCUT2D eigenvalue weighted by Crippen LogP contribution is -2.20. The molecule has 2 aromatic carbocycles. The first kappa shape index (κ1) is 18.3. The summed E-state index contributed by atoms with van der Waals surface area (Å²) in [5, 5.41) is 22.0. The first-order valence-electron chi connectivity index (χ1n) is 7.97. The van der Waals surface area contributed by atoms with Gasteiger partial charge in [-0.25, -0.2) is 0 Å². The fraction of sp³-hybridized carbons (Fsp3) is 0.0500. The number of aromatic carboxylic acids is 1. The third kappa shape index (κ3) is 4.80. The summed E-state index contributed by atoms with van der Waals surface area (Å²) in [6.45, 7) is 0.462. The molecule has 0 aliphatic rings. The summed E-state index contributed by atoms with van der Waals surface area (Å²) in [4.78, 5) is 21.4. The summed E-state index contributed by atoms with van der Waals surface area (Å²) >= 11 is 0.809. The maximum atomic E-state index is 11.1. The predicted octanol–water partition coefficient (Wildman–Crippen LogP) is 3.77. The first-order chi connectivity index (χ1) is 13.0. The zero-order valence-electron chi connectivity index (χ0n) is 14.0. The van der Waals surface area contributed by atoms with Crippen LogP contribution in [-0.4, -0.2) is 10.9 Å². The number of carboxylic acids is 1. The second kappa shape index (κ2) is 8.29. The normalized spacial score (nSPS) is 10.8. The van der Waals surface area contributed by atoms with Crippen molar-refractivity contribution in [2.75, 3.05) is 0 Å². The minimum Gasteiger partial charge on any atom is -0.544 e. The molecule has 136 valence electrons. The van der Waals surface area contributed by atoms with E-state index in [1.807, 2.05) is 42.5 Å². The third-order valence-corrected chi connectivity index (χ3v) is 4.76. The van der Waals surface area contributed by atoms with Crippen LogP contribution in [0.2, 0.25) is 0 Å². The van der Waals surface area contributed by atoms with Crippen LogP contribution in [0.15, 0.2) is 60.7 Å². The third-order valence-electron chi connectivity index (χ3n) is 3.69. The monoisotopic (exact) mass is 380 g/mol. The Kier molecular flexibility index (Phi) is 5.63. The van der Waals surface area contributed by atoms with Gasteiger partial charge in [-0.05, 0) is 29.3 Å². The van der Waals surface area contributed by atoms with Gasteiger partial charge in [-0.15, -0.1) is 11.3 Å². The Bertz CT molecular complexity index is 977. The van der Waals surface area contributed by atoms with Crippen molar-refractivity contribution < 1.29 is 19.6 Å². The fourth-order valence-corrected chi connectivity index (χ4v) is 3.21. The van der Waals surface area contributed by atoms with Gasteiger partial charge in [0.25, 0.3) is 5.69 Å². The van der Waals surface area contributed by atoms with Crippen LogP contribution >= 0.6 is 11.3 Å². The van der Waals surface area contributed by atoms with Crippen LogP contribution in [0.25, 0.3) is 12.2 Å². The van der Waals surface area contributed by atoms with E-state index in [-0.39, 0.29) is 15.4 Å². The van der Waals surface area contributed by atoms with Gasteiger partial charge in [-0.1, -0.05) is 48.5 Å². The smallest absolute Gasteiger partial charge is 0.287 e. The molecule has 1 heterocycles. The first-order valence-corrected chi connectivity index (χ1v) is 8.79. The maximum absolute atomic E-state index is 11.1. The quantitative estimate of drug-likeness (QED) is 0.459. The number of rotatable bonds is 7. The van der Waals surface area contributed by atoms with Gasteiger partial charge in [0.05, 0.1) is 15.8 Å². The van der Waals surface area contributed by atoms with Crippen molar-refractivity contribution >= 4 is 35.1 Å². The highest BCUT2D eigenvalue weighted by molar-refractivity contribution is 7.15. The molecule has 27 heavy (non-hydrogen) atoms. The largest absolute Gasteiger partial charge is 0.544 e. The summed E-state index contributed by atoms with van der Waals surface area (Å²) < 4.78 is 5.71. The van der Waals surface area contributed by atoms with E-state index in [0.717, 1.165) is 28.5 Å². The molecule has 1 aromatic heterocycles. The topological polar surface area (TPSA) is 92.5 Å². The average Bonchev–Trinajstić information content (AvgIpc) is 3.11. The van der Waals surface area contributed by atoms with Gasteiger partial charge in [-0.2, -0.15) is 0 Å². The van der Waals surface area contributed by atoms with Crippen LogP contribution in [0.5, 0.6) is 5.75 Å². The number of nitrogens with zero attached hydrogens (tertiary/aromatic N) is 1. The number of hydrogen-bond acceptors (Lipinski definition) is 6. The summed E-state index contributed by atoms with van der Waals surface area (Å²) in [5.41, 5.74) is 1.62. The van der Waals surface area contributed by atoms with E-state index in [9.17, 15) is 20.0 Å². The Hall–Kier alpha value is -3.45. The van der Waals surface area contributed by atoms with E-state index in [1.54, 1.807) is 18.2 Å². The molecule has 0 N–H and O–H groups in total. The predicted molar refractivity (Wildman–Crippen MR) is 101 cm³/mol. The molecule has 7 heteroatoms. The van der Waals surface area contributed by atoms with Gasteiger partial charge >= 0.3 is 0 Å². The van der Waals surface area contributed by atoms with Gasteiger partial charge in [0.2, 0.25) is 0 Å². The number of carbonyl (C=O) groups is 1. The lowest BCUT2D eigenvalue weighted by molar-refractivity contribution is -0.384. The fourth-order valence-electron chi connectivity index (χ4n) is 2.35. The number of carbonyl (C=O) groups excluding carboxylic acids is 1.